The zero-order chi connectivity index (χ0) is 13.5. The van der Waals surface area contributed by atoms with E-state index in [4.69, 9.17) is 5.11 Å². The summed E-state index contributed by atoms with van der Waals surface area (Å²) in [7, 11) is 0. The van der Waals surface area contributed by atoms with Crippen molar-refractivity contribution in [1.82, 2.24) is 0 Å². The zero-order valence-electron chi connectivity index (χ0n) is 9.58. The molecule has 6 heteroatoms. The molecule has 0 saturated carbocycles. The summed E-state index contributed by atoms with van der Waals surface area (Å²) < 4.78 is 1.87. The number of carbonyl (C=O) groups is 2. The molecule has 0 aliphatic carbocycles. The van der Waals surface area contributed by atoms with E-state index in [1.807, 2.05) is 18.2 Å². The van der Waals surface area contributed by atoms with Crippen LogP contribution in [0.25, 0.3) is 0 Å². The SMILES string of the molecule is O=C(O)CCCCC(=O)Nc1cc(Br)ccc1I. The van der Waals surface area contributed by atoms with Crippen molar-refractivity contribution in [2.24, 2.45) is 0 Å². The van der Waals surface area contributed by atoms with Crippen LogP contribution in [-0.2, 0) is 9.59 Å². The van der Waals surface area contributed by atoms with Crippen LogP contribution >= 0.6 is 38.5 Å². The van der Waals surface area contributed by atoms with Gasteiger partial charge in [-0.25, -0.2) is 0 Å². The number of rotatable bonds is 6. The van der Waals surface area contributed by atoms with Crippen molar-refractivity contribution in [2.45, 2.75) is 25.7 Å². The number of carboxylic acids is 1. The predicted octanol–water partition coefficient (Wildman–Crippen LogP) is 3.64. The Kier molecular flexibility index (Phi) is 6.62. The number of halogens is 2. The van der Waals surface area contributed by atoms with Gasteiger partial charge in [0.1, 0.15) is 0 Å². The smallest absolute Gasteiger partial charge is 0.303 e. The molecule has 0 heterocycles. The lowest BCUT2D eigenvalue weighted by molar-refractivity contribution is -0.137. The Morgan fingerprint density at radius 2 is 1.94 bits per heavy atom. The normalized spacial score (nSPS) is 10.1. The Morgan fingerprint density at radius 1 is 1.28 bits per heavy atom. The highest BCUT2D eigenvalue weighted by molar-refractivity contribution is 14.1. The van der Waals surface area contributed by atoms with Gasteiger partial charge in [-0.05, 0) is 53.6 Å². The minimum atomic E-state index is -0.822. The maximum Gasteiger partial charge on any atom is 0.303 e. The first-order valence-electron chi connectivity index (χ1n) is 5.45. The topological polar surface area (TPSA) is 66.4 Å². The molecule has 98 valence electrons. The van der Waals surface area contributed by atoms with E-state index in [1.165, 1.54) is 0 Å². The van der Waals surface area contributed by atoms with Gasteiger partial charge in [0.15, 0.2) is 0 Å². The molecule has 0 fully saturated rings. The molecule has 0 radical (unpaired) electrons. The molecular formula is C12H13BrINO3. The van der Waals surface area contributed by atoms with Crippen LogP contribution in [-0.4, -0.2) is 17.0 Å². The number of hydrogen-bond acceptors (Lipinski definition) is 2. The molecular weight excluding hydrogens is 413 g/mol. The lowest BCUT2D eigenvalue weighted by atomic mass is 10.2. The third kappa shape index (κ3) is 5.81. The largest absolute Gasteiger partial charge is 0.481 e. The molecule has 1 amide bonds. The number of aliphatic carboxylic acids is 1. The molecule has 0 atom stereocenters. The van der Waals surface area contributed by atoms with Crippen LogP contribution in [0.15, 0.2) is 22.7 Å². The van der Waals surface area contributed by atoms with E-state index in [0.717, 1.165) is 13.7 Å². The summed E-state index contributed by atoms with van der Waals surface area (Å²) in [5, 5.41) is 11.3. The van der Waals surface area contributed by atoms with Gasteiger partial charge in [-0.1, -0.05) is 15.9 Å². The van der Waals surface area contributed by atoms with Gasteiger partial charge in [0.2, 0.25) is 5.91 Å². The molecule has 0 spiro atoms. The molecule has 0 aliphatic rings. The molecule has 0 aliphatic heterocycles. The Bertz CT molecular complexity index is 451. The number of nitrogens with one attached hydrogen (secondary N) is 1. The van der Waals surface area contributed by atoms with E-state index in [-0.39, 0.29) is 12.3 Å². The monoisotopic (exact) mass is 425 g/mol. The number of hydrogen-bond donors (Lipinski definition) is 2. The lowest BCUT2D eigenvalue weighted by Gasteiger charge is -2.07. The zero-order valence-corrected chi connectivity index (χ0v) is 13.3. The van der Waals surface area contributed by atoms with Crippen molar-refractivity contribution in [1.29, 1.82) is 0 Å². The van der Waals surface area contributed by atoms with E-state index in [1.54, 1.807) is 0 Å². The average Bonchev–Trinajstić information content (AvgIpc) is 2.29. The summed E-state index contributed by atoms with van der Waals surface area (Å²) >= 11 is 5.50. The molecule has 4 nitrogen and oxygen atoms in total. The van der Waals surface area contributed by atoms with Crippen molar-refractivity contribution in [2.75, 3.05) is 5.32 Å². The first-order chi connectivity index (χ1) is 8.49. The summed E-state index contributed by atoms with van der Waals surface area (Å²) in [6.45, 7) is 0. The quantitative estimate of drug-likeness (QED) is 0.540. The Balaban J connectivity index is 2.40. The third-order valence-electron chi connectivity index (χ3n) is 2.25. The van der Waals surface area contributed by atoms with Gasteiger partial charge >= 0.3 is 5.97 Å². The second kappa shape index (κ2) is 7.73. The summed E-state index contributed by atoms with van der Waals surface area (Å²) in [5.74, 6) is -0.909. The molecule has 2 N–H and O–H groups in total. The van der Waals surface area contributed by atoms with Crippen LogP contribution in [0.5, 0.6) is 0 Å². The minimum absolute atomic E-state index is 0.0867. The standard InChI is InChI=1S/C12H13BrINO3/c13-8-5-6-9(14)10(7-8)15-11(16)3-1-2-4-12(17)18/h5-7H,1-4H2,(H,15,16)(H,17,18). The number of amides is 1. The van der Waals surface area contributed by atoms with Gasteiger partial charge in [0.25, 0.3) is 0 Å². The summed E-state index contributed by atoms with van der Waals surface area (Å²) in [4.78, 5) is 22.0. The molecule has 0 aromatic heterocycles. The van der Waals surface area contributed by atoms with Crippen LogP contribution < -0.4 is 5.32 Å². The Labute approximate surface area is 127 Å². The van der Waals surface area contributed by atoms with Crippen molar-refractivity contribution >= 4 is 56.1 Å². The highest BCUT2D eigenvalue weighted by Gasteiger charge is 2.06. The highest BCUT2D eigenvalue weighted by Crippen LogP contribution is 2.23. The fourth-order valence-electron chi connectivity index (χ4n) is 1.37. The van der Waals surface area contributed by atoms with Crippen LogP contribution in [0, 0.1) is 3.57 Å². The van der Waals surface area contributed by atoms with Gasteiger partial charge in [0, 0.05) is 20.9 Å². The fourth-order valence-corrected chi connectivity index (χ4v) is 2.20. The second-order valence-electron chi connectivity index (χ2n) is 3.77. The highest BCUT2D eigenvalue weighted by atomic mass is 127. The maximum absolute atomic E-state index is 11.6. The first-order valence-corrected chi connectivity index (χ1v) is 7.33. The fraction of sp³-hybridized carbons (Fsp3) is 0.333. The van der Waals surface area contributed by atoms with Gasteiger partial charge in [0.05, 0.1) is 5.69 Å². The van der Waals surface area contributed by atoms with Gasteiger partial charge < -0.3 is 10.4 Å². The third-order valence-corrected chi connectivity index (χ3v) is 3.68. The van der Waals surface area contributed by atoms with Crippen LogP contribution in [0.2, 0.25) is 0 Å². The van der Waals surface area contributed by atoms with Crippen molar-refractivity contribution < 1.29 is 14.7 Å². The molecule has 1 aromatic rings. The van der Waals surface area contributed by atoms with E-state index in [9.17, 15) is 9.59 Å². The Morgan fingerprint density at radius 3 is 2.61 bits per heavy atom. The van der Waals surface area contributed by atoms with Gasteiger partial charge in [-0.2, -0.15) is 0 Å². The molecule has 1 aromatic carbocycles. The number of carbonyl (C=O) groups excluding carboxylic acids is 1. The van der Waals surface area contributed by atoms with Gasteiger partial charge in [-0.3, -0.25) is 9.59 Å². The van der Waals surface area contributed by atoms with E-state index in [0.29, 0.717) is 19.3 Å². The van der Waals surface area contributed by atoms with E-state index >= 15 is 0 Å². The van der Waals surface area contributed by atoms with Crippen molar-refractivity contribution in [3.8, 4) is 0 Å². The molecule has 0 unspecified atom stereocenters. The number of unbranched alkanes of at least 4 members (excludes halogenated alkanes) is 1. The summed E-state index contributed by atoms with van der Waals surface area (Å²) in [6.07, 6.45) is 1.57. The van der Waals surface area contributed by atoms with Gasteiger partial charge in [-0.15, -0.1) is 0 Å². The van der Waals surface area contributed by atoms with E-state index < -0.39 is 5.97 Å². The lowest BCUT2D eigenvalue weighted by Crippen LogP contribution is -2.12. The second-order valence-corrected chi connectivity index (χ2v) is 5.85. The van der Waals surface area contributed by atoms with E-state index in [2.05, 4.69) is 43.8 Å². The van der Waals surface area contributed by atoms with Crippen molar-refractivity contribution in [3.05, 3.63) is 26.2 Å². The molecule has 0 bridgehead atoms. The molecule has 1 rings (SSSR count). The maximum atomic E-state index is 11.6. The Hall–Kier alpha value is -0.630. The van der Waals surface area contributed by atoms with Crippen LogP contribution in [0.4, 0.5) is 5.69 Å². The number of carboxylic acid groups (broad SMARTS) is 1. The van der Waals surface area contributed by atoms with Crippen LogP contribution in [0.1, 0.15) is 25.7 Å². The van der Waals surface area contributed by atoms with Crippen LogP contribution in [0.3, 0.4) is 0 Å². The minimum Gasteiger partial charge on any atom is -0.481 e. The summed E-state index contributed by atoms with van der Waals surface area (Å²) in [5.41, 5.74) is 0.771. The average molecular weight is 426 g/mol. The molecule has 0 saturated heterocycles. The first kappa shape index (κ1) is 15.4. The predicted molar refractivity (Wildman–Crippen MR) is 81.6 cm³/mol. The number of benzene rings is 1. The molecule has 18 heavy (non-hydrogen) atoms. The number of anilines is 1. The summed E-state index contributed by atoms with van der Waals surface area (Å²) in [6, 6.07) is 5.66. The van der Waals surface area contributed by atoms with Crippen molar-refractivity contribution in [3.63, 3.8) is 0 Å².